The third kappa shape index (κ3) is 2.76. The second-order valence-corrected chi connectivity index (χ2v) is 6.92. The van der Waals surface area contributed by atoms with Gasteiger partial charge in [0.25, 0.3) is 0 Å². The number of hydrogen-bond donors (Lipinski definition) is 1. The predicted molar refractivity (Wildman–Crippen MR) is 110 cm³/mol. The highest BCUT2D eigenvalue weighted by Gasteiger charge is 2.23. The summed E-state index contributed by atoms with van der Waals surface area (Å²) in [4.78, 5) is 8.93. The minimum absolute atomic E-state index is 0.121. The standard InChI is InChI=1S/C24H15FN4O/c25-18-9-3-1-7-15(18)14-29-21-12-6-2-8-16(21)22(24(29)30)17(13-26)23-27-19-10-4-5-11-20(19)28-23/h1-12,30H,14H2. The summed E-state index contributed by atoms with van der Waals surface area (Å²) in [7, 11) is 0. The summed E-state index contributed by atoms with van der Waals surface area (Å²) in [5.41, 5.74) is 1.65. The predicted octanol–water partition coefficient (Wildman–Crippen LogP) is 3.68. The molecule has 1 aliphatic rings. The van der Waals surface area contributed by atoms with Crippen LogP contribution < -0.4 is 10.7 Å². The fourth-order valence-electron chi connectivity index (χ4n) is 3.73. The molecule has 30 heavy (non-hydrogen) atoms. The highest BCUT2D eigenvalue weighted by Crippen LogP contribution is 2.38. The Labute approximate surface area is 171 Å². The lowest BCUT2D eigenvalue weighted by Gasteiger charge is -2.08. The van der Waals surface area contributed by atoms with Crippen molar-refractivity contribution in [3.05, 3.63) is 106 Å². The van der Waals surface area contributed by atoms with Crippen LogP contribution in [0.1, 0.15) is 11.1 Å². The van der Waals surface area contributed by atoms with Gasteiger partial charge >= 0.3 is 0 Å². The topological polar surface area (TPSA) is 73.7 Å². The minimum atomic E-state index is -0.355. The van der Waals surface area contributed by atoms with Crippen molar-refractivity contribution < 1.29 is 9.50 Å². The van der Waals surface area contributed by atoms with Gasteiger partial charge in [0.2, 0.25) is 5.88 Å². The molecule has 5 nitrogen and oxygen atoms in total. The zero-order valence-corrected chi connectivity index (χ0v) is 15.7. The average Bonchev–Trinajstić information content (AvgIpc) is 3.31. The van der Waals surface area contributed by atoms with Gasteiger partial charge in [-0.1, -0.05) is 48.5 Å². The van der Waals surface area contributed by atoms with E-state index in [9.17, 15) is 14.8 Å². The molecule has 1 aliphatic heterocycles. The zero-order chi connectivity index (χ0) is 20.7. The molecule has 0 fully saturated rings. The molecular formula is C24H15FN4O. The van der Waals surface area contributed by atoms with Crippen LogP contribution in [0.5, 0.6) is 5.88 Å². The average molecular weight is 394 g/mol. The maximum Gasteiger partial charge on any atom is 0.201 e. The second kappa shape index (κ2) is 6.98. The molecule has 0 unspecified atom stereocenters. The molecule has 144 valence electrons. The van der Waals surface area contributed by atoms with E-state index in [0.717, 1.165) is 0 Å². The summed E-state index contributed by atoms with van der Waals surface area (Å²) in [5.74, 6) is -0.223. The van der Waals surface area contributed by atoms with Crippen molar-refractivity contribution in [3.8, 4) is 11.9 Å². The highest BCUT2D eigenvalue weighted by molar-refractivity contribution is 6.00. The fraction of sp³-hybridized carbons (Fsp3) is 0.0417. The monoisotopic (exact) mass is 394 g/mol. The molecule has 4 aromatic rings. The number of hydrogen-bond acceptors (Lipinski definition) is 4. The first-order valence-corrected chi connectivity index (χ1v) is 9.38. The molecule has 0 aliphatic carbocycles. The van der Waals surface area contributed by atoms with Gasteiger partial charge in [-0.25, -0.2) is 14.4 Å². The normalized spacial score (nSPS) is 12.2. The van der Waals surface area contributed by atoms with Crippen molar-refractivity contribution in [2.75, 3.05) is 0 Å². The zero-order valence-electron chi connectivity index (χ0n) is 15.7. The Kier molecular flexibility index (Phi) is 4.15. The van der Waals surface area contributed by atoms with E-state index >= 15 is 0 Å². The molecule has 0 amide bonds. The SMILES string of the molecule is N#CC(=C1N=c2ccccc2=N1)c1c(O)n(Cc2ccccc2F)c2ccccc12. The summed E-state index contributed by atoms with van der Waals surface area (Å²) in [6, 6.07) is 23.3. The van der Waals surface area contributed by atoms with Gasteiger partial charge in [0.15, 0.2) is 5.82 Å². The van der Waals surface area contributed by atoms with Crippen LogP contribution in [0.25, 0.3) is 16.5 Å². The molecule has 3 aromatic carbocycles. The van der Waals surface area contributed by atoms with E-state index in [1.54, 1.807) is 22.8 Å². The number of aromatic nitrogens is 1. The number of allylic oxidation sites excluding steroid dienone is 1. The van der Waals surface area contributed by atoms with Gasteiger partial charge in [0.1, 0.15) is 17.5 Å². The Balaban J connectivity index is 1.76. The number of fused-ring (bicyclic) bond motifs is 2. The van der Waals surface area contributed by atoms with Gasteiger partial charge in [-0.15, -0.1) is 0 Å². The van der Waals surface area contributed by atoms with Crippen LogP contribution in [0.4, 0.5) is 4.39 Å². The summed E-state index contributed by atoms with van der Waals surface area (Å²) >= 11 is 0. The van der Waals surface area contributed by atoms with Crippen LogP contribution in [-0.2, 0) is 6.54 Å². The first-order chi connectivity index (χ1) is 14.7. The van der Waals surface area contributed by atoms with Crippen molar-refractivity contribution in [1.82, 2.24) is 4.57 Å². The number of aromatic hydroxyl groups is 1. The van der Waals surface area contributed by atoms with Gasteiger partial charge in [0, 0.05) is 10.9 Å². The van der Waals surface area contributed by atoms with Crippen molar-refractivity contribution in [2.24, 2.45) is 9.98 Å². The van der Waals surface area contributed by atoms with Crippen LogP contribution in [0.3, 0.4) is 0 Å². The van der Waals surface area contributed by atoms with E-state index in [0.29, 0.717) is 32.7 Å². The first kappa shape index (κ1) is 17.8. The number of rotatable bonds is 3. The Hall–Kier alpha value is -4.24. The van der Waals surface area contributed by atoms with Crippen LogP contribution in [-0.4, -0.2) is 9.67 Å². The van der Waals surface area contributed by atoms with E-state index in [1.165, 1.54) is 6.07 Å². The van der Waals surface area contributed by atoms with Gasteiger partial charge in [-0.05, 0) is 24.3 Å². The molecule has 1 N–H and O–H groups in total. The van der Waals surface area contributed by atoms with E-state index in [1.807, 2.05) is 48.5 Å². The van der Waals surface area contributed by atoms with E-state index in [4.69, 9.17) is 0 Å². The lowest BCUT2D eigenvalue weighted by atomic mass is 10.1. The lowest BCUT2D eigenvalue weighted by molar-refractivity contribution is 0.425. The lowest BCUT2D eigenvalue weighted by Crippen LogP contribution is -2.19. The van der Waals surface area contributed by atoms with Crippen LogP contribution in [0, 0.1) is 17.1 Å². The molecule has 2 heterocycles. The molecule has 0 bridgehead atoms. The summed E-state index contributed by atoms with van der Waals surface area (Å²) in [6.07, 6.45) is 0. The largest absolute Gasteiger partial charge is 0.494 e. The minimum Gasteiger partial charge on any atom is -0.494 e. The Morgan fingerprint density at radius 2 is 1.57 bits per heavy atom. The number of benzene rings is 3. The van der Waals surface area contributed by atoms with E-state index < -0.39 is 0 Å². The fourth-order valence-corrected chi connectivity index (χ4v) is 3.73. The van der Waals surface area contributed by atoms with Gasteiger partial charge in [-0.2, -0.15) is 5.26 Å². The maximum atomic E-state index is 14.2. The molecular weight excluding hydrogens is 379 g/mol. The van der Waals surface area contributed by atoms with Gasteiger partial charge < -0.3 is 9.67 Å². The third-order valence-electron chi connectivity index (χ3n) is 5.15. The molecule has 0 spiro atoms. The molecule has 6 heteroatoms. The van der Waals surface area contributed by atoms with E-state index in [-0.39, 0.29) is 29.6 Å². The smallest absolute Gasteiger partial charge is 0.201 e. The quantitative estimate of drug-likeness (QED) is 0.539. The molecule has 0 radical (unpaired) electrons. The molecule has 0 saturated heterocycles. The van der Waals surface area contributed by atoms with E-state index in [2.05, 4.69) is 16.1 Å². The van der Waals surface area contributed by atoms with Crippen LogP contribution in [0.2, 0.25) is 0 Å². The molecule has 0 saturated carbocycles. The number of halogens is 1. The summed E-state index contributed by atoms with van der Waals surface area (Å²) in [5, 5.41) is 23.1. The second-order valence-electron chi connectivity index (χ2n) is 6.92. The number of para-hydroxylation sites is 3. The van der Waals surface area contributed by atoms with Crippen LogP contribution >= 0.6 is 0 Å². The number of nitrogens with zero attached hydrogens (tertiary/aromatic N) is 4. The van der Waals surface area contributed by atoms with Crippen molar-refractivity contribution in [1.29, 1.82) is 5.26 Å². The summed E-state index contributed by atoms with van der Waals surface area (Å²) in [6.45, 7) is 0.127. The van der Waals surface area contributed by atoms with Gasteiger partial charge in [-0.3, -0.25) is 0 Å². The number of nitriles is 1. The molecule has 5 rings (SSSR count). The third-order valence-corrected chi connectivity index (χ3v) is 5.15. The van der Waals surface area contributed by atoms with Crippen molar-refractivity contribution >= 4 is 16.5 Å². The van der Waals surface area contributed by atoms with Crippen LogP contribution in [0.15, 0.2) is 88.6 Å². The van der Waals surface area contributed by atoms with Crippen molar-refractivity contribution in [3.63, 3.8) is 0 Å². The Morgan fingerprint density at radius 1 is 0.933 bits per heavy atom. The first-order valence-electron chi connectivity index (χ1n) is 9.38. The Bertz CT molecular complexity index is 1470. The molecule has 0 atom stereocenters. The summed E-state index contributed by atoms with van der Waals surface area (Å²) < 4.78 is 15.8. The maximum absolute atomic E-state index is 14.2. The highest BCUT2D eigenvalue weighted by atomic mass is 19.1. The Morgan fingerprint density at radius 3 is 2.27 bits per heavy atom. The molecule has 1 aromatic heterocycles. The van der Waals surface area contributed by atoms with Crippen molar-refractivity contribution in [2.45, 2.75) is 6.54 Å². The van der Waals surface area contributed by atoms with Gasteiger partial charge in [0.05, 0.1) is 28.3 Å².